The first kappa shape index (κ1) is 20.3. The van der Waals surface area contributed by atoms with E-state index in [-0.39, 0.29) is 20.7 Å². The van der Waals surface area contributed by atoms with Gasteiger partial charge in [-0.2, -0.15) is 0 Å². The van der Waals surface area contributed by atoms with Gasteiger partial charge in [-0.1, -0.05) is 83.9 Å². The summed E-state index contributed by atoms with van der Waals surface area (Å²) in [4.78, 5) is 26.7. The Labute approximate surface area is 188 Å². The van der Waals surface area contributed by atoms with Gasteiger partial charge in [0.05, 0.1) is 15.7 Å². The number of amides is 2. The van der Waals surface area contributed by atoms with E-state index in [9.17, 15) is 9.59 Å². The largest absolute Gasteiger partial charge is 0.298 e. The van der Waals surface area contributed by atoms with Crippen molar-refractivity contribution in [3.8, 4) is 11.1 Å². The maximum absolute atomic E-state index is 13.1. The van der Waals surface area contributed by atoms with Crippen LogP contribution in [0.2, 0.25) is 10.0 Å². The third-order valence-electron chi connectivity index (χ3n) is 4.60. The second kappa shape index (κ2) is 8.40. The van der Waals surface area contributed by atoms with Crippen LogP contribution in [0.5, 0.6) is 0 Å². The van der Waals surface area contributed by atoms with Crippen LogP contribution in [0.3, 0.4) is 0 Å². The van der Waals surface area contributed by atoms with Gasteiger partial charge in [0.2, 0.25) is 0 Å². The molecule has 1 heterocycles. The molecule has 0 radical (unpaired) electrons. The van der Waals surface area contributed by atoms with E-state index in [0.717, 1.165) is 11.1 Å². The summed E-state index contributed by atoms with van der Waals surface area (Å²) in [5.74, 6) is -1.13. The molecule has 1 aliphatic rings. The highest BCUT2D eigenvalue weighted by molar-refractivity contribution is 7.80. The number of hydrogen-bond acceptors (Lipinski definition) is 3. The molecule has 1 saturated heterocycles. The number of thiocarbonyl (C=S) groups is 1. The Hall–Kier alpha value is -2.99. The number of anilines is 1. The summed E-state index contributed by atoms with van der Waals surface area (Å²) in [5.41, 5.74) is 3.08. The summed E-state index contributed by atoms with van der Waals surface area (Å²) < 4.78 is 0. The minimum atomic E-state index is -0.569. The summed E-state index contributed by atoms with van der Waals surface area (Å²) in [7, 11) is 0. The molecule has 0 bridgehead atoms. The Kier molecular flexibility index (Phi) is 5.68. The van der Waals surface area contributed by atoms with Gasteiger partial charge in [0.25, 0.3) is 11.8 Å². The van der Waals surface area contributed by atoms with Crippen LogP contribution in [-0.2, 0) is 9.59 Å². The number of benzene rings is 3. The normalized spacial score (nSPS) is 15.5. The zero-order valence-electron chi connectivity index (χ0n) is 15.4. The minimum Gasteiger partial charge on any atom is -0.298 e. The van der Waals surface area contributed by atoms with E-state index in [1.54, 1.807) is 18.2 Å². The maximum Gasteiger partial charge on any atom is 0.270 e. The van der Waals surface area contributed by atoms with Crippen molar-refractivity contribution >= 4 is 64.1 Å². The topological polar surface area (TPSA) is 49.4 Å². The van der Waals surface area contributed by atoms with Crippen LogP contribution >= 0.6 is 35.4 Å². The van der Waals surface area contributed by atoms with Crippen LogP contribution < -0.4 is 10.2 Å². The summed E-state index contributed by atoms with van der Waals surface area (Å²) in [6.45, 7) is 0. The average Bonchev–Trinajstić information content (AvgIpc) is 2.75. The van der Waals surface area contributed by atoms with Crippen LogP contribution in [0.4, 0.5) is 5.69 Å². The number of hydrogen-bond donors (Lipinski definition) is 1. The van der Waals surface area contributed by atoms with Gasteiger partial charge in [0, 0.05) is 0 Å². The van der Waals surface area contributed by atoms with E-state index in [4.69, 9.17) is 35.4 Å². The zero-order valence-corrected chi connectivity index (χ0v) is 17.8. The van der Waals surface area contributed by atoms with Gasteiger partial charge in [0.1, 0.15) is 5.57 Å². The number of nitrogens with one attached hydrogen (secondary N) is 1. The molecule has 30 heavy (non-hydrogen) atoms. The average molecular weight is 453 g/mol. The van der Waals surface area contributed by atoms with E-state index in [1.165, 1.54) is 11.0 Å². The molecule has 1 N–H and O–H groups in total. The fraction of sp³-hybridized carbons (Fsp3) is 0. The number of halogens is 2. The third-order valence-corrected chi connectivity index (χ3v) is 5.70. The van der Waals surface area contributed by atoms with Crippen molar-refractivity contribution in [2.45, 2.75) is 0 Å². The number of rotatable bonds is 3. The quantitative estimate of drug-likeness (QED) is 0.324. The molecule has 0 aliphatic carbocycles. The maximum atomic E-state index is 13.1. The molecular formula is C23H14Cl2N2O2S. The van der Waals surface area contributed by atoms with Crippen LogP contribution in [0, 0.1) is 0 Å². The Bertz CT molecular complexity index is 1190. The fourth-order valence-corrected chi connectivity index (χ4v) is 3.76. The first-order valence-electron chi connectivity index (χ1n) is 8.96. The first-order valence-corrected chi connectivity index (χ1v) is 10.1. The van der Waals surface area contributed by atoms with E-state index >= 15 is 0 Å². The molecule has 1 fully saturated rings. The van der Waals surface area contributed by atoms with Crippen molar-refractivity contribution in [2.24, 2.45) is 0 Å². The molecule has 4 nitrogen and oxygen atoms in total. The monoisotopic (exact) mass is 452 g/mol. The lowest BCUT2D eigenvalue weighted by molar-refractivity contribution is -0.122. The van der Waals surface area contributed by atoms with E-state index in [1.807, 2.05) is 54.6 Å². The van der Waals surface area contributed by atoms with Crippen LogP contribution in [0.15, 0.2) is 78.4 Å². The molecular weight excluding hydrogens is 439 g/mol. The van der Waals surface area contributed by atoms with Gasteiger partial charge >= 0.3 is 0 Å². The lowest BCUT2D eigenvalue weighted by Crippen LogP contribution is -2.54. The fourth-order valence-electron chi connectivity index (χ4n) is 3.11. The van der Waals surface area contributed by atoms with Gasteiger partial charge < -0.3 is 0 Å². The molecule has 0 spiro atoms. The van der Waals surface area contributed by atoms with Crippen molar-refractivity contribution in [1.82, 2.24) is 5.32 Å². The first-order chi connectivity index (χ1) is 14.5. The molecule has 3 aromatic carbocycles. The number of nitrogens with zero attached hydrogens (tertiary/aromatic N) is 1. The van der Waals surface area contributed by atoms with Gasteiger partial charge in [0.15, 0.2) is 5.11 Å². The van der Waals surface area contributed by atoms with Crippen LogP contribution in [-0.4, -0.2) is 16.9 Å². The highest BCUT2D eigenvalue weighted by Crippen LogP contribution is 2.34. The highest BCUT2D eigenvalue weighted by atomic mass is 35.5. The standard InChI is InChI=1S/C23H14Cl2N2O2S/c24-18-7-4-8-19(20(18)25)27-22(29)17(21(28)26-23(27)30)13-14-9-11-16(12-10-14)15-5-2-1-3-6-15/h1-13H,(H,26,28,30)/b17-13+. The number of carbonyl (C=O) groups is 2. The lowest BCUT2D eigenvalue weighted by atomic mass is 10.0. The molecule has 148 valence electrons. The van der Waals surface area contributed by atoms with Crippen molar-refractivity contribution in [3.63, 3.8) is 0 Å². The minimum absolute atomic E-state index is 0.0490. The molecule has 1 aliphatic heterocycles. The smallest absolute Gasteiger partial charge is 0.270 e. The lowest BCUT2D eigenvalue weighted by Gasteiger charge is -2.29. The third kappa shape index (κ3) is 3.87. The Balaban J connectivity index is 1.68. The van der Waals surface area contributed by atoms with Gasteiger partial charge in [-0.25, -0.2) is 0 Å². The number of carbonyl (C=O) groups excluding carboxylic acids is 2. The molecule has 0 aromatic heterocycles. The second-order valence-electron chi connectivity index (χ2n) is 6.52. The van der Waals surface area contributed by atoms with Crippen molar-refractivity contribution < 1.29 is 9.59 Å². The zero-order chi connectivity index (χ0) is 21.3. The Morgan fingerprint density at radius 1 is 0.833 bits per heavy atom. The molecule has 0 atom stereocenters. The van der Waals surface area contributed by atoms with E-state index in [2.05, 4.69) is 5.32 Å². The van der Waals surface area contributed by atoms with Gasteiger partial charge in [-0.3, -0.25) is 19.8 Å². The predicted molar refractivity (Wildman–Crippen MR) is 125 cm³/mol. The molecule has 0 unspecified atom stereocenters. The Morgan fingerprint density at radius 2 is 1.50 bits per heavy atom. The summed E-state index contributed by atoms with van der Waals surface area (Å²) in [6, 6.07) is 22.4. The molecule has 7 heteroatoms. The predicted octanol–water partition coefficient (Wildman–Crippen LogP) is 5.49. The van der Waals surface area contributed by atoms with Crippen LogP contribution in [0.25, 0.3) is 17.2 Å². The van der Waals surface area contributed by atoms with Crippen molar-refractivity contribution in [2.75, 3.05) is 4.90 Å². The second-order valence-corrected chi connectivity index (χ2v) is 7.69. The van der Waals surface area contributed by atoms with Crippen molar-refractivity contribution in [1.29, 1.82) is 0 Å². The van der Waals surface area contributed by atoms with Gasteiger partial charge in [-0.05, 0) is 47.1 Å². The Morgan fingerprint density at radius 3 is 2.20 bits per heavy atom. The molecule has 3 aromatic rings. The molecule has 4 rings (SSSR count). The van der Waals surface area contributed by atoms with Gasteiger partial charge in [-0.15, -0.1) is 0 Å². The SMILES string of the molecule is O=C1NC(=S)N(c2cccc(Cl)c2Cl)C(=O)/C1=C/c1ccc(-c2ccccc2)cc1. The molecule has 0 saturated carbocycles. The molecule has 2 amide bonds. The van der Waals surface area contributed by atoms with Crippen molar-refractivity contribution in [3.05, 3.63) is 94.0 Å². The summed E-state index contributed by atoms with van der Waals surface area (Å²) in [6.07, 6.45) is 1.53. The van der Waals surface area contributed by atoms with E-state index in [0.29, 0.717) is 11.3 Å². The summed E-state index contributed by atoms with van der Waals surface area (Å²) in [5, 5.41) is 2.95. The van der Waals surface area contributed by atoms with Crippen LogP contribution in [0.1, 0.15) is 5.56 Å². The highest BCUT2D eigenvalue weighted by Gasteiger charge is 2.35. The summed E-state index contributed by atoms with van der Waals surface area (Å²) >= 11 is 17.5. The van der Waals surface area contributed by atoms with E-state index < -0.39 is 11.8 Å².